The summed E-state index contributed by atoms with van der Waals surface area (Å²) in [5, 5.41) is 2.33. The van der Waals surface area contributed by atoms with Gasteiger partial charge in [-0.3, -0.25) is 9.59 Å². The molecule has 0 spiro atoms. The van der Waals surface area contributed by atoms with Crippen molar-refractivity contribution in [2.24, 2.45) is 0 Å². The Morgan fingerprint density at radius 3 is 2.67 bits per heavy atom. The molecule has 0 bridgehead atoms. The number of halogens is 4. The van der Waals surface area contributed by atoms with Gasteiger partial charge >= 0.3 is 12.6 Å². The lowest BCUT2D eigenvalue weighted by Gasteiger charge is -2.14. The number of esters is 1. The van der Waals surface area contributed by atoms with E-state index >= 15 is 0 Å². The highest BCUT2D eigenvalue weighted by molar-refractivity contribution is 6.32. The monoisotopic (exact) mass is 482 g/mol. The quantitative estimate of drug-likeness (QED) is 0.419. The van der Waals surface area contributed by atoms with E-state index in [-0.39, 0.29) is 46.5 Å². The first-order valence-corrected chi connectivity index (χ1v) is 10.0. The van der Waals surface area contributed by atoms with Crippen LogP contribution in [0.5, 0.6) is 5.75 Å². The summed E-state index contributed by atoms with van der Waals surface area (Å²) in [5.41, 5.74) is 0.452. The summed E-state index contributed by atoms with van der Waals surface area (Å²) in [4.78, 5) is 28.3. The smallest absolute Gasteiger partial charge is 0.387 e. The third kappa shape index (κ3) is 6.72. The third-order valence-corrected chi connectivity index (χ3v) is 4.62. The minimum absolute atomic E-state index is 0.0861. The Labute approximate surface area is 191 Å². The number of hydrogen-bond donors (Lipinski definition) is 1. The Hall–Kier alpha value is -3.53. The van der Waals surface area contributed by atoms with Crippen LogP contribution in [0.3, 0.4) is 0 Å². The number of anilines is 1. The van der Waals surface area contributed by atoms with Gasteiger partial charge in [-0.15, -0.1) is 0 Å². The Kier molecular flexibility index (Phi) is 7.94. The highest BCUT2D eigenvalue weighted by Crippen LogP contribution is 2.29. The summed E-state index contributed by atoms with van der Waals surface area (Å²) in [5.74, 6) is -1.59. The molecule has 0 saturated carbocycles. The number of carbonyl (C=O) groups is 2. The molecule has 7 nitrogen and oxygen atoms in total. The topological polar surface area (TPSA) is 90.7 Å². The summed E-state index contributed by atoms with van der Waals surface area (Å²) >= 11 is 5.84. The van der Waals surface area contributed by atoms with Crippen LogP contribution in [0.2, 0.25) is 5.02 Å². The predicted octanol–water partition coefficient (Wildman–Crippen LogP) is 5.24. The lowest BCUT2D eigenvalue weighted by atomic mass is 10.2. The second kappa shape index (κ2) is 10.9. The minimum atomic E-state index is -3.04. The second-order valence-electron chi connectivity index (χ2n) is 6.74. The van der Waals surface area contributed by atoms with Crippen molar-refractivity contribution < 1.29 is 36.7 Å². The summed E-state index contributed by atoms with van der Waals surface area (Å²) in [6.45, 7) is -1.67. The number of hydrogen-bond acceptors (Lipinski definition) is 6. The molecule has 0 saturated heterocycles. The molecule has 0 aliphatic heterocycles. The largest absolute Gasteiger partial charge is 0.453 e. The molecule has 11 heteroatoms. The molecule has 0 aliphatic carbocycles. The standard InChI is InChI=1S/C22H18ClF3N2O5/c1-12(21(30)28-13-6-7-17(15(23)10-13)33-22(25)26)31-20(29)9-8-19-27-11-18(32-19)14-4-2-3-5-16(14)24/h2-7,10-12,22H,8-9H2,1H3,(H,28,30). The van der Waals surface area contributed by atoms with E-state index in [1.807, 2.05) is 0 Å². The highest BCUT2D eigenvalue weighted by Gasteiger charge is 2.20. The van der Waals surface area contributed by atoms with Crippen molar-refractivity contribution in [3.63, 3.8) is 0 Å². The fraction of sp³-hybridized carbons (Fsp3) is 0.227. The van der Waals surface area contributed by atoms with Crippen molar-refractivity contribution in [3.8, 4) is 17.1 Å². The lowest BCUT2D eigenvalue weighted by Crippen LogP contribution is -2.30. The molecule has 2 aromatic carbocycles. The first-order valence-electron chi connectivity index (χ1n) is 9.67. The zero-order chi connectivity index (χ0) is 24.0. The normalized spacial score (nSPS) is 11.8. The molecule has 1 atom stereocenters. The van der Waals surface area contributed by atoms with Gasteiger partial charge in [0.05, 0.1) is 23.2 Å². The van der Waals surface area contributed by atoms with Gasteiger partial charge in [0.2, 0.25) is 0 Å². The Morgan fingerprint density at radius 2 is 1.97 bits per heavy atom. The first-order chi connectivity index (χ1) is 15.7. The fourth-order valence-electron chi connectivity index (χ4n) is 2.74. The molecular weight excluding hydrogens is 465 g/mol. The number of oxazole rings is 1. The van der Waals surface area contributed by atoms with Crippen LogP contribution in [0.4, 0.5) is 18.9 Å². The maximum Gasteiger partial charge on any atom is 0.387 e. The zero-order valence-electron chi connectivity index (χ0n) is 17.2. The lowest BCUT2D eigenvalue weighted by molar-refractivity contribution is -0.153. The molecular formula is C22H18ClF3N2O5. The molecule has 0 aliphatic rings. The maximum absolute atomic E-state index is 13.8. The van der Waals surface area contributed by atoms with Crippen molar-refractivity contribution >= 4 is 29.2 Å². The van der Waals surface area contributed by atoms with Crippen LogP contribution in [0.1, 0.15) is 19.2 Å². The van der Waals surface area contributed by atoms with Gasteiger partial charge in [0.1, 0.15) is 11.6 Å². The van der Waals surface area contributed by atoms with Crippen LogP contribution in [0, 0.1) is 5.82 Å². The molecule has 1 N–H and O–H groups in total. The van der Waals surface area contributed by atoms with Gasteiger partial charge in [-0.2, -0.15) is 8.78 Å². The molecule has 3 rings (SSSR count). The number of nitrogens with zero attached hydrogens (tertiary/aromatic N) is 1. The van der Waals surface area contributed by atoms with Crippen LogP contribution < -0.4 is 10.1 Å². The average Bonchev–Trinajstić information content (AvgIpc) is 3.23. The second-order valence-corrected chi connectivity index (χ2v) is 7.15. The van der Waals surface area contributed by atoms with Gasteiger partial charge in [-0.25, -0.2) is 9.37 Å². The number of amides is 1. The van der Waals surface area contributed by atoms with Crippen LogP contribution in [-0.2, 0) is 20.7 Å². The molecule has 33 heavy (non-hydrogen) atoms. The van der Waals surface area contributed by atoms with E-state index in [0.29, 0.717) is 0 Å². The number of aromatic nitrogens is 1. The van der Waals surface area contributed by atoms with E-state index in [4.69, 9.17) is 20.8 Å². The van der Waals surface area contributed by atoms with Gasteiger partial charge in [-0.05, 0) is 37.3 Å². The molecule has 1 heterocycles. The summed E-state index contributed by atoms with van der Waals surface area (Å²) < 4.78 is 53.2. The average molecular weight is 483 g/mol. The number of rotatable bonds is 9. The van der Waals surface area contributed by atoms with E-state index in [2.05, 4.69) is 15.0 Å². The van der Waals surface area contributed by atoms with Crippen molar-refractivity contribution in [2.45, 2.75) is 32.5 Å². The van der Waals surface area contributed by atoms with E-state index in [9.17, 15) is 22.8 Å². The molecule has 1 amide bonds. The van der Waals surface area contributed by atoms with Crippen LogP contribution >= 0.6 is 11.6 Å². The van der Waals surface area contributed by atoms with Crippen LogP contribution in [0.25, 0.3) is 11.3 Å². The van der Waals surface area contributed by atoms with Gasteiger partial charge in [0, 0.05) is 12.1 Å². The maximum atomic E-state index is 13.8. The summed E-state index contributed by atoms with van der Waals surface area (Å²) in [7, 11) is 0. The zero-order valence-corrected chi connectivity index (χ0v) is 17.9. The molecule has 1 unspecified atom stereocenters. The molecule has 1 aromatic heterocycles. The van der Waals surface area contributed by atoms with Crippen molar-refractivity contribution in [2.75, 3.05) is 5.32 Å². The molecule has 0 fully saturated rings. The van der Waals surface area contributed by atoms with E-state index < -0.39 is 30.4 Å². The van der Waals surface area contributed by atoms with Crippen molar-refractivity contribution in [1.29, 1.82) is 0 Å². The first kappa shape index (κ1) is 24.1. The van der Waals surface area contributed by atoms with Gasteiger partial charge in [-0.1, -0.05) is 23.7 Å². The number of benzene rings is 2. The van der Waals surface area contributed by atoms with E-state index in [1.165, 1.54) is 37.4 Å². The van der Waals surface area contributed by atoms with Crippen molar-refractivity contribution in [3.05, 3.63) is 65.4 Å². The highest BCUT2D eigenvalue weighted by atomic mass is 35.5. The number of alkyl halides is 2. The molecule has 174 valence electrons. The molecule has 0 radical (unpaired) electrons. The number of aryl methyl sites for hydroxylation is 1. The van der Waals surface area contributed by atoms with Gasteiger partial charge < -0.3 is 19.2 Å². The van der Waals surface area contributed by atoms with Crippen LogP contribution in [0.15, 0.2) is 53.1 Å². The molecule has 3 aromatic rings. The van der Waals surface area contributed by atoms with E-state index in [1.54, 1.807) is 18.2 Å². The Bertz CT molecular complexity index is 1140. The minimum Gasteiger partial charge on any atom is -0.453 e. The summed E-state index contributed by atoms with van der Waals surface area (Å²) in [6.07, 6.45) is 0.174. The van der Waals surface area contributed by atoms with Crippen molar-refractivity contribution in [1.82, 2.24) is 4.98 Å². The third-order valence-electron chi connectivity index (χ3n) is 4.33. The Morgan fingerprint density at radius 1 is 1.21 bits per heavy atom. The predicted molar refractivity (Wildman–Crippen MR) is 112 cm³/mol. The van der Waals surface area contributed by atoms with Crippen LogP contribution in [-0.4, -0.2) is 29.6 Å². The summed E-state index contributed by atoms with van der Waals surface area (Å²) in [6, 6.07) is 9.75. The Balaban J connectivity index is 1.49. The van der Waals surface area contributed by atoms with Gasteiger partial charge in [0.25, 0.3) is 5.91 Å². The fourth-order valence-corrected chi connectivity index (χ4v) is 2.97. The number of ether oxygens (including phenoxy) is 2. The number of carbonyl (C=O) groups excluding carboxylic acids is 2. The SMILES string of the molecule is CC(OC(=O)CCc1ncc(-c2ccccc2F)o1)C(=O)Nc1ccc(OC(F)F)c(Cl)c1. The van der Waals surface area contributed by atoms with E-state index in [0.717, 1.165) is 0 Å². The number of nitrogens with one attached hydrogen (secondary N) is 1. The van der Waals surface area contributed by atoms with Gasteiger partial charge in [0.15, 0.2) is 17.8 Å².